The van der Waals surface area contributed by atoms with Gasteiger partial charge in [-0.1, -0.05) is 38.1 Å². The maximum absolute atomic E-state index is 12.6. The van der Waals surface area contributed by atoms with Crippen molar-refractivity contribution in [2.45, 2.75) is 20.8 Å². The van der Waals surface area contributed by atoms with Crippen LogP contribution in [0.5, 0.6) is 5.75 Å². The summed E-state index contributed by atoms with van der Waals surface area (Å²) in [6.07, 6.45) is 0. The molecule has 2 N–H and O–H groups in total. The molecule has 0 heterocycles. The van der Waals surface area contributed by atoms with Crippen LogP contribution in [0.15, 0.2) is 48.5 Å². The summed E-state index contributed by atoms with van der Waals surface area (Å²) in [5.41, 5.74) is 1.34. The van der Waals surface area contributed by atoms with Crippen LogP contribution in [0, 0.1) is 5.92 Å². The Morgan fingerprint density at radius 2 is 1.60 bits per heavy atom. The van der Waals surface area contributed by atoms with Crippen molar-refractivity contribution >= 4 is 17.5 Å². The molecule has 0 saturated heterocycles. The van der Waals surface area contributed by atoms with Crippen molar-refractivity contribution in [1.29, 1.82) is 0 Å². The normalized spacial score (nSPS) is 10.4. The molecule has 2 aromatic carbocycles. The van der Waals surface area contributed by atoms with Crippen LogP contribution in [-0.2, 0) is 0 Å². The molecule has 0 radical (unpaired) electrons. The molecule has 0 unspecified atom stereocenters. The summed E-state index contributed by atoms with van der Waals surface area (Å²) in [6, 6.07) is 14.0. The number of carbonyl (C=O) groups excluding carboxylic acids is 2. The molecule has 2 rings (SSSR count). The number of hydrogen-bond acceptors (Lipinski definition) is 3. The minimum Gasteiger partial charge on any atom is -0.493 e. The number of rotatable bonds is 7. The zero-order valence-electron chi connectivity index (χ0n) is 14.8. The SMILES string of the molecule is CCOc1ccccc1C(=O)Nc1ccccc1C(=O)NCC(C)C. The third-order valence-corrected chi connectivity index (χ3v) is 3.52. The first-order valence-electron chi connectivity index (χ1n) is 8.43. The molecule has 0 saturated carbocycles. The maximum Gasteiger partial charge on any atom is 0.259 e. The summed E-state index contributed by atoms with van der Waals surface area (Å²) in [5, 5.41) is 5.68. The first-order chi connectivity index (χ1) is 12.0. The van der Waals surface area contributed by atoms with Crippen LogP contribution in [0.2, 0.25) is 0 Å². The average Bonchev–Trinajstić information content (AvgIpc) is 2.61. The molecule has 0 aliphatic carbocycles. The van der Waals surface area contributed by atoms with Crippen LogP contribution in [0.25, 0.3) is 0 Å². The van der Waals surface area contributed by atoms with E-state index in [0.717, 1.165) is 0 Å². The quantitative estimate of drug-likeness (QED) is 0.807. The van der Waals surface area contributed by atoms with E-state index in [2.05, 4.69) is 10.6 Å². The lowest BCUT2D eigenvalue weighted by Gasteiger charge is -2.14. The molecule has 132 valence electrons. The second-order valence-corrected chi connectivity index (χ2v) is 6.03. The fourth-order valence-corrected chi connectivity index (χ4v) is 2.31. The first-order valence-corrected chi connectivity index (χ1v) is 8.43. The molecule has 2 amide bonds. The summed E-state index contributed by atoms with van der Waals surface area (Å²) >= 11 is 0. The Labute approximate surface area is 148 Å². The van der Waals surface area contributed by atoms with Crippen LogP contribution >= 0.6 is 0 Å². The zero-order chi connectivity index (χ0) is 18.2. The summed E-state index contributed by atoms with van der Waals surface area (Å²) < 4.78 is 5.50. The molecule has 0 aromatic heterocycles. The van der Waals surface area contributed by atoms with Crippen LogP contribution in [0.1, 0.15) is 41.5 Å². The van der Waals surface area contributed by atoms with Crippen molar-refractivity contribution in [3.05, 3.63) is 59.7 Å². The smallest absolute Gasteiger partial charge is 0.259 e. The minimum atomic E-state index is -0.312. The van der Waals surface area contributed by atoms with Crippen LogP contribution in [0.3, 0.4) is 0 Å². The number of hydrogen-bond donors (Lipinski definition) is 2. The average molecular weight is 340 g/mol. The highest BCUT2D eigenvalue weighted by Gasteiger charge is 2.16. The third kappa shape index (κ3) is 5.08. The van der Waals surface area contributed by atoms with Gasteiger partial charge >= 0.3 is 0 Å². The van der Waals surface area contributed by atoms with E-state index in [0.29, 0.717) is 41.6 Å². The molecule has 5 nitrogen and oxygen atoms in total. The zero-order valence-corrected chi connectivity index (χ0v) is 14.8. The largest absolute Gasteiger partial charge is 0.493 e. The van der Waals surface area contributed by atoms with Crippen LogP contribution in [-0.4, -0.2) is 25.0 Å². The van der Waals surface area contributed by atoms with Gasteiger partial charge in [0.1, 0.15) is 5.75 Å². The van der Waals surface area contributed by atoms with E-state index < -0.39 is 0 Å². The van der Waals surface area contributed by atoms with Crippen molar-refractivity contribution in [3.8, 4) is 5.75 Å². The van der Waals surface area contributed by atoms with Gasteiger partial charge in [-0.05, 0) is 37.1 Å². The highest BCUT2D eigenvalue weighted by atomic mass is 16.5. The van der Waals surface area contributed by atoms with Gasteiger partial charge in [0.05, 0.1) is 23.4 Å². The second kappa shape index (κ2) is 8.87. The number of anilines is 1. The fourth-order valence-electron chi connectivity index (χ4n) is 2.31. The van der Waals surface area contributed by atoms with E-state index >= 15 is 0 Å². The Morgan fingerprint density at radius 3 is 2.28 bits per heavy atom. The van der Waals surface area contributed by atoms with Gasteiger partial charge in [0.25, 0.3) is 11.8 Å². The van der Waals surface area contributed by atoms with Crippen molar-refractivity contribution in [2.24, 2.45) is 5.92 Å². The van der Waals surface area contributed by atoms with Crippen LogP contribution < -0.4 is 15.4 Å². The minimum absolute atomic E-state index is 0.206. The van der Waals surface area contributed by atoms with Crippen LogP contribution in [0.4, 0.5) is 5.69 Å². The van der Waals surface area contributed by atoms with E-state index in [-0.39, 0.29) is 11.8 Å². The molecule has 2 aromatic rings. The van der Waals surface area contributed by atoms with E-state index in [9.17, 15) is 9.59 Å². The monoisotopic (exact) mass is 340 g/mol. The summed E-state index contributed by atoms with van der Waals surface area (Å²) in [5.74, 6) is 0.351. The predicted molar refractivity (Wildman–Crippen MR) is 99.2 cm³/mol. The Balaban J connectivity index is 2.20. The second-order valence-electron chi connectivity index (χ2n) is 6.03. The van der Waals surface area contributed by atoms with Gasteiger partial charge in [-0.15, -0.1) is 0 Å². The van der Waals surface area contributed by atoms with Crippen molar-refractivity contribution < 1.29 is 14.3 Å². The van der Waals surface area contributed by atoms with Crippen molar-refractivity contribution in [3.63, 3.8) is 0 Å². The standard InChI is InChI=1S/C20H24N2O3/c1-4-25-18-12-8-6-10-16(18)20(24)22-17-11-7-5-9-15(17)19(23)21-13-14(2)3/h5-12,14H,4,13H2,1-3H3,(H,21,23)(H,22,24). The van der Waals surface area contributed by atoms with Crippen molar-refractivity contribution in [2.75, 3.05) is 18.5 Å². The Bertz CT molecular complexity index is 741. The van der Waals surface area contributed by atoms with Gasteiger partial charge in [-0.3, -0.25) is 9.59 Å². The van der Waals surface area contributed by atoms with Gasteiger partial charge < -0.3 is 15.4 Å². The van der Waals surface area contributed by atoms with Gasteiger partial charge in [0.15, 0.2) is 0 Å². The highest BCUT2D eigenvalue weighted by molar-refractivity contribution is 6.10. The fraction of sp³-hybridized carbons (Fsp3) is 0.300. The van der Waals surface area contributed by atoms with Gasteiger partial charge in [-0.25, -0.2) is 0 Å². The molecular formula is C20H24N2O3. The number of nitrogens with one attached hydrogen (secondary N) is 2. The van der Waals surface area contributed by atoms with E-state index in [1.165, 1.54) is 0 Å². The van der Waals surface area contributed by atoms with E-state index in [1.807, 2.05) is 26.8 Å². The summed E-state index contributed by atoms with van der Waals surface area (Å²) in [7, 11) is 0. The topological polar surface area (TPSA) is 67.4 Å². The lowest BCUT2D eigenvalue weighted by Crippen LogP contribution is -2.28. The molecular weight excluding hydrogens is 316 g/mol. The Hall–Kier alpha value is -2.82. The number of ether oxygens (including phenoxy) is 1. The molecule has 0 fully saturated rings. The Kier molecular flexibility index (Phi) is 6.57. The number of carbonyl (C=O) groups is 2. The van der Waals surface area contributed by atoms with E-state index in [1.54, 1.807) is 42.5 Å². The maximum atomic E-state index is 12.6. The first kappa shape index (κ1) is 18.5. The lowest BCUT2D eigenvalue weighted by molar-refractivity contribution is 0.0950. The highest BCUT2D eigenvalue weighted by Crippen LogP contribution is 2.21. The third-order valence-electron chi connectivity index (χ3n) is 3.52. The van der Waals surface area contributed by atoms with Gasteiger partial charge in [0, 0.05) is 6.54 Å². The number of para-hydroxylation sites is 2. The molecule has 0 spiro atoms. The summed E-state index contributed by atoms with van der Waals surface area (Å²) in [4.78, 5) is 25.0. The molecule has 5 heteroatoms. The van der Waals surface area contributed by atoms with E-state index in [4.69, 9.17) is 4.74 Å². The summed E-state index contributed by atoms with van der Waals surface area (Å²) in [6.45, 7) is 6.97. The molecule has 25 heavy (non-hydrogen) atoms. The Morgan fingerprint density at radius 1 is 0.960 bits per heavy atom. The molecule has 0 aliphatic rings. The predicted octanol–water partition coefficient (Wildman–Crippen LogP) is 3.72. The molecule has 0 aliphatic heterocycles. The molecule has 0 atom stereocenters. The van der Waals surface area contributed by atoms with Crippen molar-refractivity contribution in [1.82, 2.24) is 5.32 Å². The number of benzene rings is 2. The molecule has 0 bridgehead atoms. The van der Waals surface area contributed by atoms with Gasteiger partial charge in [0.2, 0.25) is 0 Å². The van der Waals surface area contributed by atoms with Gasteiger partial charge in [-0.2, -0.15) is 0 Å². The number of amides is 2. The lowest BCUT2D eigenvalue weighted by atomic mass is 10.1.